The van der Waals surface area contributed by atoms with Gasteiger partial charge in [0, 0.05) is 6.07 Å². The van der Waals surface area contributed by atoms with E-state index in [0.29, 0.717) is 5.69 Å². The number of rotatable bonds is 6. The fourth-order valence-electron chi connectivity index (χ4n) is 2.14. The average molecular weight is 365 g/mol. The molecule has 26 heavy (non-hydrogen) atoms. The Morgan fingerprint density at radius 3 is 2.50 bits per heavy atom. The second-order valence-electron chi connectivity index (χ2n) is 5.92. The van der Waals surface area contributed by atoms with E-state index in [1.165, 1.54) is 6.07 Å². The van der Waals surface area contributed by atoms with E-state index in [2.05, 4.69) is 20.6 Å². The van der Waals surface area contributed by atoms with Gasteiger partial charge in [0.15, 0.2) is 5.69 Å². The lowest BCUT2D eigenvalue weighted by Crippen LogP contribution is -2.30. The van der Waals surface area contributed by atoms with Crippen LogP contribution in [0, 0.1) is 17.2 Å². The number of nitriles is 1. The molecule has 0 aliphatic rings. The van der Waals surface area contributed by atoms with Gasteiger partial charge in [-0.1, -0.05) is 26.0 Å². The van der Waals surface area contributed by atoms with Crippen molar-refractivity contribution >= 4 is 17.5 Å². The van der Waals surface area contributed by atoms with Crippen molar-refractivity contribution in [1.29, 1.82) is 5.26 Å². The lowest BCUT2D eigenvalue weighted by molar-refractivity contribution is -0.141. The number of nitrogens with zero attached hydrogens (tertiary/aromatic N) is 3. The molecule has 0 aliphatic heterocycles. The van der Waals surface area contributed by atoms with Crippen LogP contribution in [0.25, 0.3) is 0 Å². The molecule has 0 fully saturated rings. The van der Waals surface area contributed by atoms with Crippen molar-refractivity contribution in [3.05, 3.63) is 41.6 Å². The Morgan fingerprint density at radius 1 is 1.23 bits per heavy atom. The zero-order valence-electron chi connectivity index (χ0n) is 14.2. The summed E-state index contributed by atoms with van der Waals surface area (Å²) in [5, 5.41) is 23.9. The molecule has 0 amide bonds. The first-order valence-corrected chi connectivity index (χ1v) is 7.84. The summed E-state index contributed by atoms with van der Waals surface area (Å²) in [5.74, 6) is -0.420. The lowest BCUT2D eigenvalue weighted by Gasteiger charge is -2.21. The first-order valence-electron chi connectivity index (χ1n) is 7.84. The molecular formula is C17H18F3N5O. The van der Waals surface area contributed by atoms with Crippen molar-refractivity contribution in [3.8, 4) is 6.07 Å². The van der Waals surface area contributed by atoms with Gasteiger partial charge in [0.2, 0.25) is 5.95 Å². The molecule has 3 N–H and O–H groups in total. The summed E-state index contributed by atoms with van der Waals surface area (Å²) in [6.07, 6.45) is -4.67. The normalized spacial score (nSPS) is 12.5. The van der Waals surface area contributed by atoms with Gasteiger partial charge in [-0.3, -0.25) is 0 Å². The van der Waals surface area contributed by atoms with Gasteiger partial charge >= 0.3 is 6.18 Å². The maximum absolute atomic E-state index is 13.2. The molecule has 0 saturated carbocycles. The average Bonchev–Trinajstić information content (AvgIpc) is 2.59. The Kier molecular flexibility index (Phi) is 6.00. The van der Waals surface area contributed by atoms with E-state index in [4.69, 9.17) is 5.26 Å². The van der Waals surface area contributed by atoms with E-state index in [9.17, 15) is 18.3 Å². The van der Waals surface area contributed by atoms with Crippen LogP contribution in [-0.2, 0) is 6.18 Å². The molecule has 1 aromatic heterocycles. The number of alkyl halides is 3. The third-order valence-corrected chi connectivity index (χ3v) is 3.64. The molecule has 0 spiro atoms. The highest BCUT2D eigenvalue weighted by molar-refractivity contribution is 5.65. The van der Waals surface area contributed by atoms with E-state index < -0.39 is 17.9 Å². The van der Waals surface area contributed by atoms with Crippen molar-refractivity contribution in [2.75, 3.05) is 17.2 Å². The Labute approximate surface area is 148 Å². The fourth-order valence-corrected chi connectivity index (χ4v) is 2.14. The minimum atomic E-state index is -4.67. The Hall–Kier alpha value is -2.86. The van der Waals surface area contributed by atoms with E-state index in [1.54, 1.807) is 18.2 Å². The third-order valence-electron chi connectivity index (χ3n) is 3.64. The minimum Gasteiger partial charge on any atom is -0.394 e. The van der Waals surface area contributed by atoms with Gasteiger partial charge in [0.05, 0.1) is 23.9 Å². The predicted octanol–water partition coefficient (Wildman–Crippen LogP) is 3.54. The molecule has 0 bridgehead atoms. The maximum atomic E-state index is 13.2. The van der Waals surface area contributed by atoms with E-state index in [1.807, 2.05) is 19.9 Å². The number of halogens is 3. The molecule has 9 heteroatoms. The van der Waals surface area contributed by atoms with E-state index in [0.717, 1.165) is 6.07 Å². The van der Waals surface area contributed by atoms with Gasteiger partial charge in [-0.25, -0.2) is 4.98 Å². The number of para-hydroxylation sites is 1. The molecule has 0 radical (unpaired) electrons. The van der Waals surface area contributed by atoms with Crippen LogP contribution < -0.4 is 10.6 Å². The van der Waals surface area contributed by atoms with Crippen molar-refractivity contribution < 1.29 is 18.3 Å². The summed E-state index contributed by atoms with van der Waals surface area (Å²) in [5.41, 5.74) is -0.535. The highest BCUT2D eigenvalue weighted by atomic mass is 19.4. The van der Waals surface area contributed by atoms with E-state index in [-0.39, 0.29) is 29.9 Å². The van der Waals surface area contributed by atoms with Gasteiger partial charge in [-0.2, -0.15) is 23.4 Å². The number of hydrogen-bond acceptors (Lipinski definition) is 6. The molecule has 2 rings (SSSR count). The Bertz CT molecular complexity index is 802. The molecule has 1 aromatic carbocycles. The second kappa shape index (κ2) is 8.01. The lowest BCUT2D eigenvalue weighted by atomic mass is 10.1. The van der Waals surface area contributed by atoms with Gasteiger partial charge in [-0.05, 0) is 18.1 Å². The summed E-state index contributed by atoms with van der Waals surface area (Å²) < 4.78 is 39.5. The van der Waals surface area contributed by atoms with Crippen LogP contribution in [0.5, 0.6) is 0 Å². The SMILES string of the molecule is CC(C)[C@H](CO)Nc1nc(Nc2ccccc2C#N)cc(C(F)(F)F)n1. The maximum Gasteiger partial charge on any atom is 0.433 e. The van der Waals surface area contributed by atoms with Crippen LogP contribution in [0.3, 0.4) is 0 Å². The fraction of sp³-hybridized carbons (Fsp3) is 0.353. The van der Waals surface area contributed by atoms with Crippen LogP contribution in [0.2, 0.25) is 0 Å². The molecule has 1 heterocycles. The van der Waals surface area contributed by atoms with Crippen LogP contribution in [0.4, 0.5) is 30.6 Å². The van der Waals surface area contributed by atoms with Crippen LogP contribution >= 0.6 is 0 Å². The molecule has 1 atom stereocenters. The number of benzene rings is 1. The molecule has 0 unspecified atom stereocenters. The van der Waals surface area contributed by atoms with Crippen LogP contribution in [0.15, 0.2) is 30.3 Å². The highest BCUT2D eigenvalue weighted by Crippen LogP contribution is 2.31. The molecule has 6 nitrogen and oxygen atoms in total. The zero-order chi connectivity index (χ0) is 19.3. The Balaban J connectivity index is 2.42. The topological polar surface area (TPSA) is 93.9 Å². The number of nitrogens with one attached hydrogen (secondary N) is 2. The van der Waals surface area contributed by atoms with E-state index >= 15 is 0 Å². The first-order chi connectivity index (χ1) is 12.2. The predicted molar refractivity (Wildman–Crippen MR) is 90.8 cm³/mol. The number of hydrogen-bond donors (Lipinski definition) is 3. The Morgan fingerprint density at radius 2 is 1.92 bits per heavy atom. The molecule has 0 saturated heterocycles. The number of anilines is 3. The second-order valence-corrected chi connectivity index (χ2v) is 5.92. The third kappa shape index (κ3) is 4.83. The first kappa shape index (κ1) is 19.5. The van der Waals surface area contributed by atoms with Crippen molar-refractivity contribution in [3.63, 3.8) is 0 Å². The molecular weight excluding hydrogens is 347 g/mol. The summed E-state index contributed by atoms with van der Waals surface area (Å²) >= 11 is 0. The van der Waals surface area contributed by atoms with Crippen molar-refractivity contribution in [2.45, 2.75) is 26.1 Å². The van der Waals surface area contributed by atoms with Crippen molar-refractivity contribution in [1.82, 2.24) is 9.97 Å². The van der Waals surface area contributed by atoms with Gasteiger partial charge in [-0.15, -0.1) is 0 Å². The van der Waals surface area contributed by atoms with Gasteiger partial charge in [0.25, 0.3) is 0 Å². The summed E-state index contributed by atoms with van der Waals surface area (Å²) in [4.78, 5) is 7.53. The van der Waals surface area contributed by atoms with Crippen molar-refractivity contribution in [2.24, 2.45) is 5.92 Å². The molecule has 0 aliphatic carbocycles. The highest BCUT2D eigenvalue weighted by Gasteiger charge is 2.34. The number of aliphatic hydroxyl groups is 1. The number of aromatic nitrogens is 2. The molecule has 2 aromatic rings. The summed E-state index contributed by atoms with van der Waals surface area (Å²) in [6, 6.07) is 8.61. The number of aliphatic hydroxyl groups excluding tert-OH is 1. The van der Waals surface area contributed by atoms with Crippen LogP contribution in [-0.4, -0.2) is 27.7 Å². The zero-order valence-corrected chi connectivity index (χ0v) is 14.2. The van der Waals surface area contributed by atoms with Gasteiger partial charge in [0.1, 0.15) is 11.9 Å². The quantitative estimate of drug-likeness (QED) is 0.725. The summed E-state index contributed by atoms with van der Waals surface area (Å²) in [7, 11) is 0. The minimum absolute atomic E-state index is 0.0473. The van der Waals surface area contributed by atoms with Crippen LogP contribution in [0.1, 0.15) is 25.1 Å². The standard InChI is InChI=1S/C17H18F3N5O/c1-10(2)13(9-26)23-16-24-14(17(18,19)20)7-15(25-16)22-12-6-4-3-5-11(12)8-21/h3-7,10,13,26H,9H2,1-2H3,(H2,22,23,24,25)/t13-/m0/s1. The smallest absolute Gasteiger partial charge is 0.394 e. The summed E-state index contributed by atoms with van der Waals surface area (Å²) in [6.45, 7) is 3.34. The monoisotopic (exact) mass is 365 g/mol. The van der Waals surface area contributed by atoms with Gasteiger partial charge < -0.3 is 15.7 Å². The largest absolute Gasteiger partial charge is 0.433 e. The molecule has 138 valence electrons.